The summed E-state index contributed by atoms with van der Waals surface area (Å²) in [5.74, 6) is -0.186. The first kappa shape index (κ1) is 15.1. The van der Waals surface area contributed by atoms with Crippen LogP contribution in [0.15, 0.2) is 18.2 Å². The number of halogens is 1. The van der Waals surface area contributed by atoms with Gasteiger partial charge in [-0.05, 0) is 44.5 Å². The Morgan fingerprint density at radius 1 is 1.50 bits per heavy atom. The van der Waals surface area contributed by atoms with Crippen molar-refractivity contribution in [1.82, 2.24) is 10.2 Å². The van der Waals surface area contributed by atoms with Crippen LogP contribution in [0, 0.1) is 0 Å². The van der Waals surface area contributed by atoms with Crippen LogP contribution in [-0.4, -0.2) is 41.6 Å². The summed E-state index contributed by atoms with van der Waals surface area (Å²) in [5.41, 5.74) is 0.273. The second-order valence-corrected chi connectivity index (χ2v) is 5.59. The largest absolute Gasteiger partial charge is 0.507 e. The minimum atomic E-state index is -0.167. The standard InChI is InChI=1S/C15H21ClN2O2/c1-2-18(10-12-5-3-4-8-17-12)15(20)13-9-11(16)6-7-14(13)19/h6-7,9,12,17,19H,2-5,8,10H2,1H3. The van der Waals surface area contributed by atoms with Gasteiger partial charge in [0.1, 0.15) is 5.75 Å². The number of piperidine rings is 1. The van der Waals surface area contributed by atoms with Crippen LogP contribution in [0.25, 0.3) is 0 Å². The molecule has 1 atom stereocenters. The van der Waals surface area contributed by atoms with Crippen molar-refractivity contribution in [2.45, 2.75) is 32.2 Å². The first-order valence-corrected chi connectivity index (χ1v) is 7.50. The molecule has 0 saturated carbocycles. The summed E-state index contributed by atoms with van der Waals surface area (Å²) in [7, 11) is 0. The highest BCUT2D eigenvalue weighted by atomic mass is 35.5. The van der Waals surface area contributed by atoms with E-state index in [1.807, 2.05) is 6.92 Å². The molecule has 1 aliphatic heterocycles. The van der Waals surface area contributed by atoms with Crippen LogP contribution in [0.4, 0.5) is 0 Å². The fourth-order valence-corrected chi connectivity index (χ4v) is 2.72. The predicted molar refractivity (Wildman–Crippen MR) is 80.3 cm³/mol. The maximum atomic E-state index is 12.5. The number of nitrogens with one attached hydrogen (secondary N) is 1. The molecule has 0 aliphatic carbocycles. The number of carbonyl (C=O) groups is 1. The number of rotatable bonds is 4. The van der Waals surface area contributed by atoms with Crippen molar-refractivity contribution in [2.75, 3.05) is 19.6 Å². The van der Waals surface area contributed by atoms with Gasteiger partial charge in [0.25, 0.3) is 5.91 Å². The van der Waals surface area contributed by atoms with Crippen LogP contribution in [0.3, 0.4) is 0 Å². The highest BCUT2D eigenvalue weighted by molar-refractivity contribution is 6.31. The first-order chi connectivity index (χ1) is 9.61. The lowest BCUT2D eigenvalue weighted by Gasteiger charge is -2.30. The van der Waals surface area contributed by atoms with Gasteiger partial charge in [-0.15, -0.1) is 0 Å². The lowest BCUT2D eigenvalue weighted by molar-refractivity contribution is 0.0738. The first-order valence-electron chi connectivity index (χ1n) is 7.13. The molecule has 1 aromatic rings. The number of amides is 1. The smallest absolute Gasteiger partial charge is 0.257 e. The van der Waals surface area contributed by atoms with E-state index < -0.39 is 0 Å². The average Bonchev–Trinajstić information content (AvgIpc) is 2.47. The van der Waals surface area contributed by atoms with Gasteiger partial charge in [-0.1, -0.05) is 18.0 Å². The zero-order valence-electron chi connectivity index (χ0n) is 11.7. The molecule has 1 amide bonds. The zero-order chi connectivity index (χ0) is 14.5. The Morgan fingerprint density at radius 2 is 2.30 bits per heavy atom. The number of hydrogen-bond acceptors (Lipinski definition) is 3. The molecule has 5 heteroatoms. The second kappa shape index (κ2) is 6.95. The molecule has 0 spiro atoms. The molecule has 1 heterocycles. The quantitative estimate of drug-likeness (QED) is 0.898. The van der Waals surface area contributed by atoms with Gasteiger partial charge in [0.05, 0.1) is 5.56 Å². The molecule has 2 N–H and O–H groups in total. The van der Waals surface area contributed by atoms with Crippen molar-refractivity contribution >= 4 is 17.5 Å². The molecule has 1 fully saturated rings. The second-order valence-electron chi connectivity index (χ2n) is 5.15. The van der Waals surface area contributed by atoms with Crippen molar-refractivity contribution < 1.29 is 9.90 Å². The van der Waals surface area contributed by atoms with Crippen LogP contribution >= 0.6 is 11.6 Å². The summed E-state index contributed by atoms with van der Waals surface area (Å²) in [5, 5.41) is 13.7. The summed E-state index contributed by atoms with van der Waals surface area (Å²) < 4.78 is 0. The topological polar surface area (TPSA) is 52.6 Å². The Hall–Kier alpha value is -1.26. The Kier molecular flexibility index (Phi) is 5.26. The van der Waals surface area contributed by atoms with Crippen molar-refractivity contribution in [3.05, 3.63) is 28.8 Å². The monoisotopic (exact) mass is 296 g/mol. The summed E-state index contributed by atoms with van der Waals surface area (Å²) in [6, 6.07) is 4.90. The van der Waals surface area contributed by atoms with Gasteiger partial charge in [-0.2, -0.15) is 0 Å². The number of aromatic hydroxyl groups is 1. The van der Waals surface area contributed by atoms with E-state index in [-0.39, 0.29) is 17.2 Å². The SMILES string of the molecule is CCN(CC1CCCCN1)C(=O)c1cc(Cl)ccc1O. The average molecular weight is 297 g/mol. The Balaban J connectivity index is 2.09. The van der Waals surface area contributed by atoms with E-state index in [1.165, 1.54) is 25.0 Å². The van der Waals surface area contributed by atoms with Gasteiger partial charge in [-0.25, -0.2) is 0 Å². The van der Waals surface area contributed by atoms with Gasteiger partial charge in [0.2, 0.25) is 0 Å². The third-order valence-corrected chi connectivity index (χ3v) is 3.95. The normalized spacial score (nSPS) is 18.8. The van der Waals surface area contributed by atoms with E-state index in [1.54, 1.807) is 11.0 Å². The molecular weight excluding hydrogens is 276 g/mol. The van der Waals surface area contributed by atoms with Gasteiger partial charge < -0.3 is 15.3 Å². The van der Waals surface area contributed by atoms with Gasteiger partial charge >= 0.3 is 0 Å². The molecule has 110 valence electrons. The van der Waals surface area contributed by atoms with Crippen molar-refractivity contribution in [1.29, 1.82) is 0 Å². The molecule has 0 bridgehead atoms. The summed E-state index contributed by atoms with van der Waals surface area (Å²) >= 11 is 5.91. The molecule has 20 heavy (non-hydrogen) atoms. The van der Waals surface area contributed by atoms with Crippen LogP contribution in [-0.2, 0) is 0 Å². The number of likely N-dealkylation sites (N-methyl/N-ethyl adjacent to an activating group) is 1. The number of nitrogens with zero attached hydrogens (tertiary/aromatic N) is 1. The lowest BCUT2D eigenvalue weighted by atomic mass is 10.0. The van der Waals surface area contributed by atoms with Gasteiger partial charge in [0, 0.05) is 24.2 Å². The highest BCUT2D eigenvalue weighted by Gasteiger charge is 2.22. The molecule has 4 nitrogen and oxygen atoms in total. The maximum absolute atomic E-state index is 12.5. The Labute approximate surface area is 124 Å². The molecular formula is C15H21ClN2O2. The number of benzene rings is 1. The van der Waals surface area contributed by atoms with E-state index in [4.69, 9.17) is 11.6 Å². The number of phenols is 1. The summed E-state index contributed by atoms with van der Waals surface area (Å²) in [4.78, 5) is 14.3. The van der Waals surface area contributed by atoms with Crippen molar-refractivity contribution in [3.63, 3.8) is 0 Å². The van der Waals surface area contributed by atoms with Crippen LogP contribution in [0.5, 0.6) is 5.75 Å². The van der Waals surface area contributed by atoms with Gasteiger partial charge in [0.15, 0.2) is 0 Å². The molecule has 2 rings (SSSR count). The fourth-order valence-electron chi connectivity index (χ4n) is 2.55. The molecule has 1 saturated heterocycles. The minimum absolute atomic E-state index is 0.0190. The fraction of sp³-hybridized carbons (Fsp3) is 0.533. The maximum Gasteiger partial charge on any atom is 0.257 e. The molecule has 1 aliphatic rings. The zero-order valence-corrected chi connectivity index (χ0v) is 12.5. The minimum Gasteiger partial charge on any atom is -0.507 e. The third kappa shape index (κ3) is 3.64. The van der Waals surface area contributed by atoms with E-state index in [0.29, 0.717) is 24.2 Å². The number of phenolic OH excluding ortho intramolecular Hbond substituents is 1. The van der Waals surface area contributed by atoms with E-state index >= 15 is 0 Å². The Bertz CT molecular complexity index is 473. The van der Waals surface area contributed by atoms with Crippen molar-refractivity contribution in [2.24, 2.45) is 0 Å². The molecule has 1 aromatic carbocycles. The third-order valence-electron chi connectivity index (χ3n) is 3.71. The van der Waals surface area contributed by atoms with Crippen molar-refractivity contribution in [3.8, 4) is 5.75 Å². The van der Waals surface area contributed by atoms with Crippen LogP contribution < -0.4 is 5.32 Å². The highest BCUT2D eigenvalue weighted by Crippen LogP contribution is 2.23. The number of carbonyl (C=O) groups excluding carboxylic acids is 1. The Morgan fingerprint density at radius 3 is 2.95 bits per heavy atom. The molecule has 0 radical (unpaired) electrons. The van der Waals surface area contributed by atoms with Crippen LogP contribution in [0.2, 0.25) is 5.02 Å². The summed E-state index contributed by atoms with van der Waals surface area (Å²) in [6.07, 6.45) is 3.49. The molecule has 1 unspecified atom stereocenters. The van der Waals surface area contributed by atoms with E-state index in [2.05, 4.69) is 5.32 Å². The van der Waals surface area contributed by atoms with Gasteiger partial charge in [-0.3, -0.25) is 4.79 Å². The van der Waals surface area contributed by atoms with E-state index in [9.17, 15) is 9.90 Å². The summed E-state index contributed by atoms with van der Waals surface area (Å²) in [6.45, 7) is 4.24. The number of hydrogen-bond donors (Lipinski definition) is 2. The predicted octanol–water partition coefficient (Wildman–Crippen LogP) is 2.65. The van der Waals surface area contributed by atoms with E-state index in [0.717, 1.165) is 13.0 Å². The molecule has 0 aromatic heterocycles. The lowest BCUT2D eigenvalue weighted by Crippen LogP contribution is -2.45. The van der Waals surface area contributed by atoms with Crippen LogP contribution in [0.1, 0.15) is 36.5 Å².